The molecule has 1 atom stereocenters. The molecule has 1 aromatic carbocycles. The maximum absolute atomic E-state index is 3.59. The van der Waals surface area contributed by atoms with Crippen molar-refractivity contribution in [3.63, 3.8) is 0 Å². The predicted molar refractivity (Wildman–Crippen MR) is 83.0 cm³/mol. The summed E-state index contributed by atoms with van der Waals surface area (Å²) in [6.45, 7) is 13.1. The molecule has 1 aromatic rings. The lowest BCUT2D eigenvalue weighted by Crippen LogP contribution is -2.38. The first kappa shape index (κ1) is 15.7. The number of rotatable bonds is 7. The zero-order valence-corrected chi connectivity index (χ0v) is 13.5. The average Bonchev–Trinajstić information content (AvgIpc) is 2.37. The molecule has 3 heteroatoms. The molecule has 0 bridgehead atoms. The highest BCUT2D eigenvalue weighted by Crippen LogP contribution is 2.16. The molecule has 0 aliphatic rings. The van der Waals surface area contributed by atoms with Gasteiger partial charge in [-0.15, -0.1) is 0 Å². The van der Waals surface area contributed by atoms with Gasteiger partial charge in [0.15, 0.2) is 0 Å². The smallest absolute Gasteiger partial charge is 0.0208 e. The molecule has 0 amide bonds. The van der Waals surface area contributed by atoms with E-state index in [2.05, 4.69) is 72.0 Å². The third-order valence-electron chi connectivity index (χ3n) is 3.30. The van der Waals surface area contributed by atoms with E-state index in [1.54, 1.807) is 0 Å². The van der Waals surface area contributed by atoms with Gasteiger partial charge in [-0.05, 0) is 44.1 Å². The fourth-order valence-electron chi connectivity index (χ4n) is 2.04. The van der Waals surface area contributed by atoms with Gasteiger partial charge in [0, 0.05) is 23.6 Å². The first-order valence-corrected chi connectivity index (χ1v) is 7.56. The molecule has 0 saturated heterocycles. The van der Waals surface area contributed by atoms with E-state index >= 15 is 0 Å². The molecule has 0 radical (unpaired) electrons. The second-order valence-electron chi connectivity index (χ2n) is 4.85. The van der Waals surface area contributed by atoms with Crippen molar-refractivity contribution in [3.05, 3.63) is 33.8 Å². The van der Waals surface area contributed by atoms with E-state index in [9.17, 15) is 0 Å². The summed E-state index contributed by atoms with van der Waals surface area (Å²) in [5.74, 6) is 0. The molecule has 0 aliphatic heterocycles. The third-order valence-corrected chi connectivity index (χ3v) is 4.19. The van der Waals surface area contributed by atoms with Gasteiger partial charge in [-0.3, -0.25) is 0 Å². The van der Waals surface area contributed by atoms with Crippen LogP contribution in [0.5, 0.6) is 0 Å². The zero-order chi connectivity index (χ0) is 13.5. The Balaban J connectivity index is 2.42. The van der Waals surface area contributed by atoms with Crippen LogP contribution < -0.4 is 5.32 Å². The summed E-state index contributed by atoms with van der Waals surface area (Å²) in [5.41, 5.74) is 2.65. The lowest BCUT2D eigenvalue weighted by molar-refractivity contribution is 0.270. The van der Waals surface area contributed by atoms with Gasteiger partial charge >= 0.3 is 0 Å². The van der Waals surface area contributed by atoms with Gasteiger partial charge in [0.25, 0.3) is 0 Å². The maximum Gasteiger partial charge on any atom is 0.0208 e. The highest BCUT2D eigenvalue weighted by molar-refractivity contribution is 9.10. The minimum atomic E-state index is 0.522. The summed E-state index contributed by atoms with van der Waals surface area (Å²) in [6.07, 6.45) is 0. The highest BCUT2D eigenvalue weighted by atomic mass is 79.9. The summed E-state index contributed by atoms with van der Waals surface area (Å²) in [5, 5.41) is 3.59. The van der Waals surface area contributed by atoms with Crippen LogP contribution in [0.2, 0.25) is 0 Å². The molecule has 0 heterocycles. The number of hydrogen-bond donors (Lipinski definition) is 1. The number of benzene rings is 1. The second-order valence-corrected chi connectivity index (χ2v) is 5.71. The summed E-state index contributed by atoms with van der Waals surface area (Å²) in [7, 11) is 0. The van der Waals surface area contributed by atoms with Crippen LogP contribution in [-0.2, 0) is 6.54 Å². The number of halogens is 1. The van der Waals surface area contributed by atoms with Crippen molar-refractivity contribution in [3.8, 4) is 0 Å². The molecule has 1 rings (SSSR count). The van der Waals surface area contributed by atoms with E-state index < -0.39 is 0 Å². The number of nitrogens with one attached hydrogen (secondary N) is 1. The van der Waals surface area contributed by atoms with Gasteiger partial charge in [0.1, 0.15) is 0 Å². The minimum absolute atomic E-state index is 0.522. The molecule has 1 N–H and O–H groups in total. The van der Waals surface area contributed by atoms with Crippen molar-refractivity contribution in [1.29, 1.82) is 0 Å². The van der Waals surface area contributed by atoms with Gasteiger partial charge < -0.3 is 10.2 Å². The van der Waals surface area contributed by atoms with Crippen LogP contribution >= 0.6 is 15.9 Å². The average molecular weight is 313 g/mol. The molecule has 18 heavy (non-hydrogen) atoms. The Bertz CT molecular complexity index is 362. The Morgan fingerprint density at radius 2 is 1.94 bits per heavy atom. The molecule has 0 aromatic heterocycles. The maximum atomic E-state index is 3.59. The van der Waals surface area contributed by atoms with Crippen LogP contribution in [-0.4, -0.2) is 30.6 Å². The van der Waals surface area contributed by atoms with Crippen molar-refractivity contribution in [2.24, 2.45) is 0 Å². The van der Waals surface area contributed by atoms with E-state index in [4.69, 9.17) is 0 Å². The normalized spacial score (nSPS) is 13.0. The van der Waals surface area contributed by atoms with E-state index in [0.717, 1.165) is 26.2 Å². The summed E-state index contributed by atoms with van der Waals surface area (Å²) < 4.78 is 1.18. The first-order chi connectivity index (χ1) is 8.56. The largest absolute Gasteiger partial charge is 0.309 e. The molecule has 0 saturated carbocycles. The third kappa shape index (κ3) is 5.09. The molecule has 102 valence electrons. The molecule has 0 fully saturated rings. The highest BCUT2D eigenvalue weighted by Gasteiger charge is 2.06. The molecule has 2 nitrogen and oxygen atoms in total. The summed E-state index contributed by atoms with van der Waals surface area (Å²) in [4.78, 5) is 2.45. The fraction of sp³-hybridized carbons (Fsp3) is 0.600. The van der Waals surface area contributed by atoms with E-state index in [-0.39, 0.29) is 0 Å². The van der Waals surface area contributed by atoms with Gasteiger partial charge in [0.2, 0.25) is 0 Å². The van der Waals surface area contributed by atoms with Crippen LogP contribution in [0.4, 0.5) is 0 Å². The zero-order valence-electron chi connectivity index (χ0n) is 12.0. The van der Waals surface area contributed by atoms with Crippen molar-refractivity contribution in [2.75, 3.05) is 19.6 Å². The monoisotopic (exact) mass is 312 g/mol. The molecule has 1 unspecified atom stereocenters. The number of likely N-dealkylation sites (N-methyl/N-ethyl adjacent to an activating group) is 1. The van der Waals surface area contributed by atoms with Gasteiger partial charge in [-0.1, -0.05) is 41.9 Å². The molecule has 0 aliphatic carbocycles. The van der Waals surface area contributed by atoms with Crippen LogP contribution in [0.1, 0.15) is 31.9 Å². The SMILES string of the molecule is CCN(CC)CC(C)NCc1ccc(Br)c(C)c1. The number of hydrogen-bond acceptors (Lipinski definition) is 2. The van der Waals surface area contributed by atoms with Crippen molar-refractivity contribution < 1.29 is 0 Å². The Morgan fingerprint density at radius 3 is 2.50 bits per heavy atom. The van der Waals surface area contributed by atoms with Crippen LogP contribution in [0, 0.1) is 6.92 Å². The Kier molecular flexibility index (Phi) is 6.90. The van der Waals surface area contributed by atoms with E-state index in [1.807, 2.05) is 0 Å². The van der Waals surface area contributed by atoms with Crippen LogP contribution in [0.15, 0.2) is 22.7 Å². The lowest BCUT2D eigenvalue weighted by atomic mass is 10.1. The Morgan fingerprint density at radius 1 is 1.28 bits per heavy atom. The van der Waals surface area contributed by atoms with Crippen LogP contribution in [0.3, 0.4) is 0 Å². The predicted octanol–water partition coefficient (Wildman–Crippen LogP) is 3.58. The number of aryl methyl sites for hydroxylation is 1. The van der Waals surface area contributed by atoms with Crippen molar-refractivity contribution >= 4 is 15.9 Å². The van der Waals surface area contributed by atoms with Gasteiger partial charge in [-0.2, -0.15) is 0 Å². The van der Waals surface area contributed by atoms with E-state index in [1.165, 1.54) is 15.6 Å². The van der Waals surface area contributed by atoms with Crippen LogP contribution in [0.25, 0.3) is 0 Å². The molecule has 0 spiro atoms. The minimum Gasteiger partial charge on any atom is -0.309 e. The lowest BCUT2D eigenvalue weighted by Gasteiger charge is -2.23. The Hall–Kier alpha value is -0.380. The first-order valence-electron chi connectivity index (χ1n) is 6.77. The number of nitrogens with zero attached hydrogens (tertiary/aromatic N) is 1. The fourth-order valence-corrected chi connectivity index (χ4v) is 2.29. The quantitative estimate of drug-likeness (QED) is 0.828. The topological polar surface area (TPSA) is 15.3 Å². The molecular weight excluding hydrogens is 288 g/mol. The summed E-state index contributed by atoms with van der Waals surface area (Å²) >= 11 is 3.53. The second kappa shape index (κ2) is 7.93. The molecular formula is C15H25BrN2. The Labute approximate surface area is 120 Å². The van der Waals surface area contributed by atoms with E-state index in [0.29, 0.717) is 6.04 Å². The van der Waals surface area contributed by atoms with Crippen molar-refractivity contribution in [2.45, 2.75) is 40.3 Å². The van der Waals surface area contributed by atoms with Gasteiger partial charge in [0.05, 0.1) is 0 Å². The standard InChI is InChI=1S/C15H25BrN2/c1-5-18(6-2)11-13(4)17-10-14-7-8-15(16)12(3)9-14/h7-9,13,17H,5-6,10-11H2,1-4H3. The summed E-state index contributed by atoms with van der Waals surface area (Å²) in [6, 6.07) is 7.06. The van der Waals surface area contributed by atoms with Crippen molar-refractivity contribution in [1.82, 2.24) is 10.2 Å². The van der Waals surface area contributed by atoms with Gasteiger partial charge in [-0.25, -0.2) is 0 Å².